The molecule has 0 radical (unpaired) electrons. The van der Waals surface area contributed by atoms with E-state index in [1.165, 1.54) is 60.5 Å². The van der Waals surface area contributed by atoms with Crippen molar-refractivity contribution >= 4 is 53.8 Å². The van der Waals surface area contributed by atoms with Gasteiger partial charge in [0.25, 0.3) is 0 Å². The number of hydrogen-bond donors (Lipinski definition) is 0. The molecule has 8 rings (SSSR count). The van der Waals surface area contributed by atoms with Crippen molar-refractivity contribution in [1.29, 1.82) is 0 Å². The van der Waals surface area contributed by atoms with Gasteiger partial charge in [0.05, 0.1) is 0 Å². The number of hydrogen-bond acceptors (Lipinski definition) is 0. The van der Waals surface area contributed by atoms with Crippen LogP contribution in [0.2, 0.25) is 0 Å². The Morgan fingerprint density at radius 3 is 1.71 bits per heavy atom. The van der Waals surface area contributed by atoms with Crippen LogP contribution in [0.4, 0.5) is 0 Å². The van der Waals surface area contributed by atoms with Gasteiger partial charge < -0.3 is 0 Å². The summed E-state index contributed by atoms with van der Waals surface area (Å²) in [6.45, 7) is 14.3. The molecule has 6 aromatic rings. The summed E-state index contributed by atoms with van der Waals surface area (Å²) >= 11 is -4.74. The van der Waals surface area contributed by atoms with Crippen molar-refractivity contribution in [3.63, 3.8) is 0 Å². The molecule has 0 saturated carbocycles. The summed E-state index contributed by atoms with van der Waals surface area (Å²) in [5, 5.41) is 5.36. The molecule has 3 heteroatoms. The van der Waals surface area contributed by atoms with Crippen molar-refractivity contribution in [2.75, 3.05) is 0 Å². The Morgan fingerprint density at radius 1 is 0.615 bits per heavy atom. The van der Waals surface area contributed by atoms with Crippen molar-refractivity contribution in [2.45, 2.75) is 73.5 Å². The molecule has 0 aliphatic heterocycles. The van der Waals surface area contributed by atoms with E-state index in [0.29, 0.717) is 0 Å². The fourth-order valence-corrected chi connectivity index (χ4v) is 26.9. The predicted octanol–water partition coefficient (Wildman–Crippen LogP) is 13.0. The van der Waals surface area contributed by atoms with Crippen LogP contribution in [0, 0.1) is 0 Å². The first kappa shape index (κ1) is 38.4. The minimum atomic E-state index is -4.74. The number of allylic oxidation sites excluding steroid dienone is 4. The van der Waals surface area contributed by atoms with Crippen molar-refractivity contribution in [3.8, 4) is 11.1 Å². The van der Waals surface area contributed by atoms with E-state index in [4.69, 9.17) is 4.21 Å². The number of rotatable bonds is 6. The third-order valence-corrected chi connectivity index (χ3v) is 27.8. The van der Waals surface area contributed by atoms with Gasteiger partial charge in [-0.3, -0.25) is 0 Å². The van der Waals surface area contributed by atoms with Crippen LogP contribution in [0.5, 0.6) is 0 Å². The Kier molecular flexibility index (Phi) is 10.2. The van der Waals surface area contributed by atoms with Crippen molar-refractivity contribution in [2.24, 2.45) is 0 Å². The second kappa shape index (κ2) is 13.8. The molecule has 0 N–H and O–H groups in total. The normalized spacial score (nSPS) is 14.1. The first-order valence-electron chi connectivity index (χ1n) is 18.5. The van der Waals surface area contributed by atoms with Crippen LogP contribution in [0.3, 0.4) is 0 Å². The van der Waals surface area contributed by atoms with Gasteiger partial charge in [0.2, 0.25) is 0 Å². The third-order valence-electron chi connectivity index (χ3n) is 12.0. The fraction of sp³-hybridized carbons (Fsp3) is 0.245. The molecule has 52 heavy (non-hydrogen) atoms. The molecule has 2 aliphatic rings. The summed E-state index contributed by atoms with van der Waals surface area (Å²) in [6.07, 6.45) is 9.17. The molecule has 0 nitrogen and oxygen atoms in total. The van der Waals surface area contributed by atoms with Crippen LogP contribution in [-0.2, 0) is 43.8 Å². The van der Waals surface area contributed by atoms with Gasteiger partial charge in [-0.2, -0.15) is 0 Å². The van der Waals surface area contributed by atoms with Crippen LogP contribution in [0.15, 0.2) is 137 Å². The summed E-state index contributed by atoms with van der Waals surface area (Å²) in [6, 6.07) is 44.2. The number of halogens is 2. The number of benzene rings is 6. The predicted molar refractivity (Wildman–Crippen MR) is 230 cm³/mol. The van der Waals surface area contributed by atoms with Gasteiger partial charge in [-0.15, -0.1) is 24.8 Å². The van der Waals surface area contributed by atoms with E-state index in [1.807, 2.05) is 0 Å². The zero-order valence-electron chi connectivity index (χ0n) is 31.6. The Labute approximate surface area is 324 Å². The molecule has 0 spiro atoms. The standard InChI is InChI=1S/C21H25.2C11H9.C5H5.CH2.2ClH.Zr/c1-20(2,3)16-7-9-18-14(12-16)11-15-13-17(21(4,5)6)8-10-19(15)18;2*1-9-5-4-7-10-6-2-3-8-11(9)10;1-2-4-5-3-1;;;;/h7-10,12H,11H2,1-6H3;2*2-8H,1H2;1-3H,4H2;1H2;2*1H;. The topological polar surface area (TPSA) is 0 Å². The molecule has 0 heterocycles. The molecule has 0 bridgehead atoms. The van der Waals surface area contributed by atoms with Gasteiger partial charge in [0, 0.05) is 0 Å². The summed E-state index contributed by atoms with van der Waals surface area (Å²) in [5.41, 5.74) is 11.7. The molecule has 2 aliphatic carbocycles. The van der Waals surface area contributed by atoms with Crippen LogP contribution >= 0.6 is 24.8 Å². The average Bonchev–Trinajstić information content (AvgIpc) is 3.77. The minimum absolute atomic E-state index is 0. The Bertz CT molecular complexity index is 2370. The van der Waals surface area contributed by atoms with Crippen molar-refractivity contribution in [1.82, 2.24) is 0 Å². The quantitative estimate of drug-likeness (QED) is 0.157. The summed E-state index contributed by atoms with van der Waals surface area (Å²) < 4.78 is 11.2. The van der Waals surface area contributed by atoms with E-state index >= 15 is 0 Å². The molecule has 0 fully saturated rings. The zero-order chi connectivity index (χ0) is 34.9. The van der Waals surface area contributed by atoms with Crippen LogP contribution in [0.25, 0.3) is 32.7 Å². The monoisotopic (exact) mass is 800 g/mol. The van der Waals surface area contributed by atoms with Crippen LogP contribution in [-0.4, -0.2) is 4.21 Å². The molecule has 0 saturated heterocycles. The first-order valence-corrected chi connectivity index (χ1v) is 26.2. The van der Waals surface area contributed by atoms with Gasteiger partial charge in [-0.25, -0.2) is 0 Å². The first-order chi connectivity index (χ1) is 23.8. The Hall–Kier alpha value is -3.35. The summed E-state index contributed by atoms with van der Waals surface area (Å²) in [4.78, 5) is 0. The molecule has 6 aromatic carbocycles. The maximum absolute atomic E-state index is 5.93. The second-order valence-electron chi connectivity index (χ2n) is 17.5. The summed E-state index contributed by atoms with van der Waals surface area (Å²) in [7, 11) is 0. The van der Waals surface area contributed by atoms with Crippen LogP contribution in [0.1, 0.15) is 81.3 Å². The zero-order valence-corrected chi connectivity index (χ0v) is 35.6. The molecule has 0 amide bonds. The number of fused-ring (bicyclic) bond motifs is 5. The fourth-order valence-electron chi connectivity index (χ4n) is 9.49. The molecule has 0 aromatic heterocycles. The Morgan fingerprint density at radius 2 is 1.17 bits per heavy atom. The van der Waals surface area contributed by atoms with Crippen molar-refractivity contribution in [3.05, 3.63) is 170 Å². The van der Waals surface area contributed by atoms with E-state index in [0.717, 1.165) is 21.1 Å². The van der Waals surface area contributed by atoms with Gasteiger partial charge in [-0.1, -0.05) is 0 Å². The van der Waals surface area contributed by atoms with Gasteiger partial charge >= 0.3 is 302 Å². The molecule has 266 valence electrons. The van der Waals surface area contributed by atoms with Crippen LogP contribution < -0.4 is 3.27 Å². The molecule has 0 unspecified atom stereocenters. The van der Waals surface area contributed by atoms with E-state index < -0.39 is 18.3 Å². The van der Waals surface area contributed by atoms with Gasteiger partial charge in [0.1, 0.15) is 0 Å². The van der Waals surface area contributed by atoms with E-state index in [9.17, 15) is 0 Å². The van der Waals surface area contributed by atoms with E-state index in [2.05, 4.69) is 175 Å². The summed E-state index contributed by atoms with van der Waals surface area (Å²) in [5.74, 6) is 0. The molecular weight excluding hydrogens is 751 g/mol. The molecular formula is C49H52Cl2Zr. The molecule has 0 atom stereocenters. The average molecular weight is 803 g/mol. The van der Waals surface area contributed by atoms with E-state index in [1.54, 1.807) is 12.1 Å². The SMILES string of the molecule is Cl.Cl.[CH2]=[Zr]([CH2]c1cccc2ccccc12)([CH2]c1cccc2ccccc12)([C]1=CC=CC1)[c]1c(C(C)(C)C)ccc2c1Cc1cc(C(C)(C)C)ccc1-2. The van der Waals surface area contributed by atoms with Gasteiger partial charge in [-0.05, 0) is 0 Å². The van der Waals surface area contributed by atoms with Gasteiger partial charge in [0.15, 0.2) is 0 Å². The van der Waals surface area contributed by atoms with E-state index in [-0.39, 0.29) is 35.6 Å². The second-order valence-corrected chi connectivity index (χ2v) is 31.5. The maximum atomic E-state index is 5.93. The Balaban J connectivity index is 0.00000232. The van der Waals surface area contributed by atoms with Crippen molar-refractivity contribution < 1.29 is 18.3 Å². The third kappa shape index (κ3) is 6.36.